The quantitative estimate of drug-likeness (QED) is 0.855. The normalized spacial score (nSPS) is 14.3. The molecule has 0 N–H and O–H groups in total. The van der Waals surface area contributed by atoms with Gasteiger partial charge in [0.15, 0.2) is 11.6 Å². The zero-order chi connectivity index (χ0) is 15.9. The monoisotopic (exact) mass is 299 g/mol. The van der Waals surface area contributed by atoms with Gasteiger partial charge in [-0.05, 0) is 37.3 Å². The van der Waals surface area contributed by atoms with Gasteiger partial charge in [0.1, 0.15) is 11.6 Å². The number of pyridine rings is 1. The molecule has 1 aromatic heterocycles. The molecule has 0 atom stereocenters. The highest BCUT2D eigenvalue weighted by molar-refractivity contribution is 6.26. The van der Waals surface area contributed by atoms with Crippen LogP contribution in [0, 0.1) is 11.6 Å². The van der Waals surface area contributed by atoms with Crippen LogP contribution < -0.4 is 0 Å². The van der Waals surface area contributed by atoms with Crippen LogP contribution >= 0.6 is 0 Å². The number of benzene rings is 1. The molecule has 0 bridgehead atoms. The van der Waals surface area contributed by atoms with Gasteiger partial charge in [0.2, 0.25) is 0 Å². The Morgan fingerprint density at radius 3 is 2.36 bits per heavy atom. The predicted octanol–water partition coefficient (Wildman–Crippen LogP) is 3.30. The van der Waals surface area contributed by atoms with Crippen molar-refractivity contribution in [2.24, 2.45) is 0 Å². The van der Waals surface area contributed by atoms with Crippen LogP contribution in [0.1, 0.15) is 33.3 Å². The Kier molecular flexibility index (Phi) is 3.41. The molecule has 110 valence electrons. The van der Waals surface area contributed by atoms with Crippen molar-refractivity contribution in [3.05, 3.63) is 76.1 Å². The lowest BCUT2D eigenvalue weighted by molar-refractivity contribution is 0.0972. The summed E-state index contributed by atoms with van der Waals surface area (Å²) in [5.74, 6) is -1.74. The number of hydrogen-bond donors (Lipinski definition) is 0. The van der Waals surface area contributed by atoms with Crippen LogP contribution in [0.25, 0.3) is 0 Å². The summed E-state index contributed by atoms with van der Waals surface area (Å²) in [5, 5.41) is 0. The highest BCUT2D eigenvalue weighted by atomic mass is 19.1. The molecular weight excluding hydrogens is 288 g/mol. The van der Waals surface area contributed by atoms with Crippen LogP contribution in [-0.4, -0.2) is 16.6 Å². The van der Waals surface area contributed by atoms with E-state index in [1.807, 2.05) is 0 Å². The minimum absolute atomic E-state index is 0.0627. The van der Waals surface area contributed by atoms with Gasteiger partial charge in [-0.25, -0.2) is 8.78 Å². The van der Waals surface area contributed by atoms with Crippen molar-refractivity contribution in [2.45, 2.75) is 13.3 Å². The van der Waals surface area contributed by atoms with Crippen molar-refractivity contribution < 1.29 is 18.4 Å². The van der Waals surface area contributed by atoms with Gasteiger partial charge in [0, 0.05) is 34.4 Å². The first-order chi connectivity index (χ1) is 10.5. The van der Waals surface area contributed by atoms with Crippen LogP contribution in [-0.2, 0) is 6.42 Å². The van der Waals surface area contributed by atoms with Gasteiger partial charge in [-0.1, -0.05) is 0 Å². The van der Waals surface area contributed by atoms with Gasteiger partial charge in [0.25, 0.3) is 0 Å². The zero-order valence-electron chi connectivity index (χ0n) is 11.7. The van der Waals surface area contributed by atoms with E-state index in [0.717, 1.165) is 18.3 Å². The Morgan fingerprint density at radius 2 is 1.68 bits per heavy atom. The summed E-state index contributed by atoms with van der Waals surface area (Å²) in [7, 11) is 0. The number of carbonyl (C=O) groups excluding carboxylic acids is 2. The lowest BCUT2D eigenvalue weighted by Gasteiger charge is -2.19. The van der Waals surface area contributed by atoms with E-state index in [9.17, 15) is 18.4 Å². The minimum atomic E-state index is -0.571. The Balaban J connectivity index is 2.04. The average molecular weight is 299 g/mol. The molecule has 0 radical (unpaired) electrons. The number of Topliss-reactive ketones (excluding diaryl/α,β-unsaturated/α-hetero) is 2. The molecule has 0 amide bonds. The third-order valence-corrected chi connectivity index (χ3v) is 3.68. The molecule has 0 saturated heterocycles. The largest absolute Gasteiger partial charge is 0.289 e. The molecule has 1 aliphatic rings. The van der Waals surface area contributed by atoms with E-state index in [4.69, 9.17) is 0 Å². The van der Waals surface area contributed by atoms with E-state index < -0.39 is 17.4 Å². The third-order valence-electron chi connectivity index (χ3n) is 3.68. The SMILES string of the molecule is CC1=C(Cc2ccc(F)cn2)C(=O)c2cc(F)ccc2C1=O. The molecule has 1 heterocycles. The molecule has 1 aromatic carbocycles. The predicted molar refractivity (Wildman–Crippen MR) is 75.7 cm³/mol. The first kappa shape index (κ1) is 14.3. The average Bonchev–Trinajstić information content (AvgIpc) is 2.51. The summed E-state index contributed by atoms with van der Waals surface area (Å²) >= 11 is 0. The maximum absolute atomic E-state index is 13.4. The maximum Gasteiger partial charge on any atom is 0.190 e. The van der Waals surface area contributed by atoms with Crippen LogP contribution in [0.5, 0.6) is 0 Å². The Labute approximate surface area is 125 Å². The van der Waals surface area contributed by atoms with Crippen molar-refractivity contribution in [3.8, 4) is 0 Å². The maximum atomic E-state index is 13.4. The number of carbonyl (C=O) groups is 2. The molecule has 0 fully saturated rings. The highest BCUT2D eigenvalue weighted by Crippen LogP contribution is 2.28. The number of nitrogens with zero attached hydrogens (tertiary/aromatic N) is 1. The molecule has 1 aliphatic carbocycles. The summed E-state index contributed by atoms with van der Waals surface area (Å²) in [6.45, 7) is 1.56. The van der Waals surface area contributed by atoms with Gasteiger partial charge < -0.3 is 0 Å². The first-order valence-corrected chi connectivity index (χ1v) is 6.66. The van der Waals surface area contributed by atoms with Gasteiger partial charge >= 0.3 is 0 Å². The van der Waals surface area contributed by atoms with E-state index >= 15 is 0 Å². The van der Waals surface area contributed by atoms with E-state index in [1.54, 1.807) is 6.92 Å². The zero-order valence-corrected chi connectivity index (χ0v) is 11.7. The fourth-order valence-corrected chi connectivity index (χ4v) is 2.48. The lowest BCUT2D eigenvalue weighted by Crippen LogP contribution is -2.22. The van der Waals surface area contributed by atoms with Crippen LogP contribution in [0.3, 0.4) is 0 Å². The van der Waals surface area contributed by atoms with Gasteiger partial charge in [-0.3, -0.25) is 14.6 Å². The second kappa shape index (κ2) is 5.26. The Morgan fingerprint density at radius 1 is 0.955 bits per heavy atom. The minimum Gasteiger partial charge on any atom is -0.289 e. The van der Waals surface area contributed by atoms with Gasteiger partial charge in [0.05, 0.1) is 6.20 Å². The Bertz CT molecular complexity index is 823. The molecule has 3 nitrogen and oxygen atoms in total. The van der Waals surface area contributed by atoms with E-state index in [0.29, 0.717) is 11.3 Å². The molecule has 0 spiro atoms. The number of rotatable bonds is 2. The number of ketones is 2. The number of allylic oxidation sites excluding steroid dienone is 2. The lowest BCUT2D eigenvalue weighted by atomic mass is 9.83. The molecular formula is C17H11F2NO2. The number of fused-ring (bicyclic) bond motifs is 1. The second-order valence-corrected chi connectivity index (χ2v) is 5.10. The van der Waals surface area contributed by atoms with E-state index in [1.165, 1.54) is 18.2 Å². The highest BCUT2D eigenvalue weighted by Gasteiger charge is 2.30. The molecule has 0 saturated carbocycles. The third kappa shape index (κ3) is 2.35. The fraction of sp³-hybridized carbons (Fsp3) is 0.118. The van der Waals surface area contributed by atoms with Gasteiger partial charge in [-0.15, -0.1) is 0 Å². The summed E-state index contributed by atoms with van der Waals surface area (Å²) in [6.07, 6.45) is 1.15. The smallest absolute Gasteiger partial charge is 0.190 e. The molecule has 2 aromatic rings. The first-order valence-electron chi connectivity index (χ1n) is 6.66. The summed E-state index contributed by atoms with van der Waals surface area (Å²) in [6, 6.07) is 6.24. The van der Waals surface area contributed by atoms with E-state index in [2.05, 4.69) is 4.98 Å². The topological polar surface area (TPSA) is 47.0 Å². The summed E-state index contributed by atoms with van der Waals surface area (Å²) < 4.78 is 26.2. The standard InChI is InChI=1S/C17H11F2NO2/c1-9-14(7-12-4-2-11(19)8-20-12)17(22)15-6-10(18)3-5-13(15)16(9)21/h2-6,8H,7H2,1H3. The molecule has 22 heavy (non-hydrogen) atoms. The fourth-order valence-electron chi connectivity index (χ4n) is 2.48. The summed E-state index contributed by atoms with van der Waals surface area (Å²) in [4.78, 5) is 28.7. The van der Waals surface area contributed by atoms with Crippen LogP contribution in [0.2, 0.25) is 0 Å². The number of aromatic nitrogens is 1. The Hall–Kier alpha value is -2.69. The van der Waals surface area contributed by atoms with Crippen molar-refractivity contribution in [2.75, 3.05) is 0 Å². The van der Waals surface area contributed by atoms with Crippen molar-refractivity contribution in [1.29, 1.82) is 0 Å². The summed E-state index contributed by atoms with van der Waals surface area (Å²) in [5.41, 5.74) is 1.32. The number of halogens is 2. The molecule has 3 rings (SSSR count). The van der Waals surface area contributed by atoms with Crippen LogP contribution in [0.4, 0.5) is 8.78 Å². The van der Waals surface area contributed by atoms with Crippen molar-refractivity contribution in [3.63, 3.8) is 0 Å². The van der Waals surface area contributed by atoms with Crippen molar-refractivity contribution in [1.82, 2.24) is 4.98 Å². The van der Waals surface area contributed by atoms with Crippen LogP contribution in [0.15, 0.2) is 47.7 Å². The number of hydrogen-bond acceptors (Lipinski definition) is 3. The van der Waals surface area contributed by atoms with Crippen molar-refractivity contribution >= 4 is 11.6 Å². The van der Waals surface area contributed by atoms with Gasteiger partial charge in [-0.2, -0.15) is 0 Å². The molecule has 0 unspecified atom stereocenters. The second-order valence-electron chi connectivity index (χ2n) is 5.10. The van der Waals surface area contributed by atoms with E-state index in [-0.39, 0.29) is 28.9 Å². The molecule has 5 heteroatoms. The molecule has 0 aliphatic heterocycles.